The van der Waals surface area contributed by atoms with Crippen LogP contribution in [-0.2, 0) is 4.74 Å². The van der Waals surface area contributed by atoms with E-state index in [1.165, 1.54) is 13.0 Å². The fraction of sp³-hybridized carbons (Fsp3) is 0.214. The molecule has 104 valence electrons. The first-order valence-corrected chi connectivity index (χ1v) is 6.29. The molecule has 0 fully saturated rings. The second kappa shape index (κ2) is 5.88. The summed E-state index contributed by atoms with van der Waals surface area (Å²) in [6.07, 6.45) is -0.922. The standard InChI is InChI=1S/C14H12ClNO4/c1-8-7-12(20-16-8)14(18)19-9(2)13(17)10-3-5-11(15)6-4-10/h3-7,9H,1-2H3/t9-/m1/s1. The van der Waals surface area contributed by atoms with Gasteiger partial charge in [0.2, 0.25) is 11.5 Å². The molecule has 0 N–H and O–H groups in total. The van der Waals surface area contributed by atoms with E-state index in [-0.39, 0.29) is 11.5 Å². The molecule has 0 aliphatic heterocycles. The summed E-state index contributed by atoms with van der Waals surface area (Å²) in [6, 6.07) is 7.80. The molecule has 20 heavy (non-hydrogen) atoms. The molecule has 0 saturated heterocycles. The maximum atomic E-state index is 12.1. The third kappa shape index (κ3) is 3.24. The van der Waals surface area contributed by atoms with Crippen molar-refractivity contribution in [3.8, 4) is 0 Å². The van der Waals surface area contributed by atoms with Gasteiger partial charge in [0.15, 0.2) is 6.10 Å². The normalized spacial score (nSPS) is 11.9. The van der Waals surface area contributed by atoms with E-state index in [0.717, 1.165) is 0 Å². The molecule has 1 aromatic heterocycles. The highest BCUT2D eigenvalue weighted by atomic mass is 35.5. The quantitative estimate of drug-likeness (QED) is 0.640. The van der Waals surface area contributed by atoms with E-state index in [9.17, 15) is 9.59 Å². The van der Waals surface area contributed by atoms with E-state index >= 15 is 0 Å². The van der Waals surface area contributed by atoms with Crippen LogP contribution in [-0.4, -0.2) is 23.0 Å². The van der Waals surface area contributed by atoms with Crippen LogP contribution in [0, 0.1) is 6.92 Å². The topological polar surface area (TPSA) is 69.4 Å². The first kappa shape index (κ1) is 14.3. The molecular weight excluding hydrogens is 282 g/mol. The van der Waals surface area contributed by atoms with Crippen LogP contribution in [0.3, 0.4) is 0 Å². The Balaban J connectivity index is 2.04. The van der Waals surface area contributed by atoms with Gasteiger partial charge in [-0.1, -0.05) is 16.8 Å². The largest absolute Gasteiger partial charge is 0.448 e. The van der Waals surface area contributed by atoms with E-state index in [1.807, 2.05) is 0 Å². The van der Waals surface area contributed by atoms with Crippen molar-refractivity contribution in [1.29, 1.82) is 0 Å². The monoisotopic (exact) mass is 293 g/mol. The number of aromatic nitrogens is 1. The Morgan fingerprint density at radius 3 is 2.50 bits per heavy atom. The van der Waals surface area contributed by atoms with E-state index in [2.05, 4.69) is 5.16 Å². The Kier molecular flexibility index (Phi) is 4.20. The summed E-state index contributed by atoms with van der Waals surface area (Å²) in [5.41, 5.74) is 0.983. The highest BCUT2D eigenvalue weighted by Gasteiger charge is 2.22. The lowest BCUT2D eigenvalue weighted by molar-refractivity contribution is 0.0281. The SMILES string of the molecule is Cc1cc(C(=O)O[C@H](C)C(=O)c2ccc(Cl)cc2)on1. The Hall–Kier alpha value is -2.14. The molecule has 0 amide bonds. The molecule has 2 rings (SSSR count). The van der Waals surface area contributed by atoms with Crippen molar-refractivity contribution < 1.29 is 18.8 Å². The number of carbonyl (C=O) groups excluding carboxylic acids is 2. The lowest BCUT2D eigenvalue weighted by atomic mass is 10.1. The third-order valence-electron chi connectivity index (χ3n) is 2.61. The number of hydrogen-bond acceptors (Lipinski definition) is 5. The molecule has 2 aromatic rings. The van der Waals surface area contributed by atoms with Crippen LogP contribution in [0.4, 0.5) is 0 Å². The van der Waals surface area contributed by atoms with Crippen molar-refractivity contribution in [2.45, 2.75) is 20.0 Å². The van der Waals surface area contributed by atoms with Crippen LogP contribution in [0.25, 0.3) is 0 Å². The number of benzene rings is 1. The Bertz CT molecular complexity index is 633. The molecule has 6 heteroatoms. The highest BCUT2D eigenvalue weighted by molar-refractivity contribution is 6.30. The predicted octanol–water partition coefficient (Wildman–Crippen LogP) is 3.06. The van der Waals surface area contributed by atoms with Crippen LogP contribution < -0.4 is 0 Å². The van der Waals surface area contributed by atoms with E-state index in [4.69, 9.17) is 20.9 Å². The molecule has 1 heterocycles. The van der Waals surface area contributed by atoms with Gasteiger partial charge < -0.3 is 9.26 Å². The fourth-order valence-electron chi connectivity index (χ4n) is 1.58. The first-order chi connectivity index (χ1) is 9.47. The summed E-state index contributed by atoms with van der Waals surface area (Å²) in [4.78, 5) is 23.8. The molecular formula is C14H12ClNO4. The van der Waals surface area contributed by atoms with Crippen molar-refractivity contribution in [1.82, 2.24) is 5.16 Å². The number of ether oxygens (including phenoxy) is 1. The smallest absolute Gasteiger partial charge is 0.377 e. The maximum Gasteiger partial charge on any atom is 0.377 e. The van der Waals surface area contributed by atoms with Gasteiger partial charge in [-0.05, 0) is 38.1 Å². The molecule has 0 aliphatic rings. The number of carbonyl (C=O) groups is 2. The van der Waals surface area contributed by atoms with Crippen molar-refractivity contribution in [2.24, 2.45) is 0 Å². The van der Waals surface area contributed by atoms with Crippen molar-refractivity contribution >= 4 is 23.4 Å². The van der Waals surface area contributed by atoms with Crippen molar-refractivity contribution in [3.05, 3.63) is 52.4 Å². The van der Waals surface area contributed by atoms with Crippen molar-refractivity contribution in [2.75, 3.05) is 0 Å². The van der Waals surface area contributed by atoms with Gasteiger partial charge in [-0.3, -0.25) is 4.79 Å². The van der Waals surface area contributed by atoms with E-state index < -0.39 is 12.1 Å². The van der Waals surface area contributed by atoms with Crippen LogP contribution in [0.1, 0.15) is 33.5 Å². The van der Waals surface area contributed by atoms with Gasteiger partial charge in [0.05, 0.1) is 5.69 Å². The average molecular weight is 294 g/mol. The predicted molar refractivity (Wildman–Crippen MR) is 71.9 cm³/mol. The van der Waals surface area contributed by atoms with Crippen LogP contribution in [0.2, 0.25) is 5.02 Å². The average Bonchev–Trinajstić information content (AvgIpc) is 2.85. The molecule has 5 nitrogen and oxygen atoms in total. The number of rotatable bonds is 4. The highest BCUT2D eigenvalue weighted by Crippen LogP contribution is 2.13. The third-order valence-corrected chi connectivity index (χ3v) is 2.86. The minimum Gasteiger partial charge on any atom is -0.448 e. The molecule has 0 unspecified atom stereocenters. The van der Waals surface area contributed by atoms with Gasteiger partial charge in [0, 0.05) is 16.7 Å². The minimum atomic E-state index is -0.922. The van der Waals surface area contributed by atoms with Gasteiger partial charge >= 0.3 is 5.97 Å². The van der Waals surface area contributed by atoms with Gasteiger partial charge in [0.1, 0.15) is 0 Å². The van der Waals surface area contributed by atoms with Crippen LogP contribution >= 0.6 is 11.6 Å². The Morgan fingerprint density at radius 1 is 1.30 bits per heavy atom. The Labute approximate surface area is 120 Å². The second-order valence-corrected chi connectivity index (χ2v) is 4.69. The van der Waals surface area contributed by atoms with Crippen LogP contribution in [0.5, 0.6) is 0 Å². The van der Waals surface area contributed by atoms with Gasteiger partial charge in [0.25, 0.3) is 0 Å². The lowest BCUT2D eigenvalue weighted by Gasteiger charge is -2.10. The van der Waals surface area contributed by atoms with Crippen LogP contribution in [0.15, 0.2) is 34.9 Å². The zero-order chi connectivity index (χ0) is 14.7. The number of esters is 1. The first-order valence-electron chi connectivity index (χ1n) is 5.91. The molecule has 0 saturated carbocycles. The molecule has 0 aliphatic carbocycles. The number of halogens is 1. The molecule has 1 atom stereocenters. The number of hydrogen-bond donors (Lipinski definition) is 0. The van der Waals surface area contributed by atoms with Gasteiger partial charge in [-0.15, -0.1) is 0 Å². The van der Waals surface area contributed by atoms with Gasteiger partial charge in [-0.2, -0.15) is 0 Å². The van der Waals surface area contributed by atoms with Crippen molar-refractivity contribution in [3.63, 3.8) is 0 Å². The number of ketones is 1. The zero-order valence-electron chi connectivity index (χ0n) is 10.9. The minimum absolute atomic E-state index is 0.0294. The molecule has 0 spiro atoms. The number of Topliss-reactive ketones (excluding diaryl/α,β-unsaturated/α-hetero) is 1. The summed E-state index contributed by atoms with van der Waals surface area (Å²) in [5, 5.41) is 4.11. The number of nitrogens with zero attached hydrogens (tertiary/aromatic N) is 1. The Morgan fingerprint density at radius 2 is 1.95 bits per heavy atom. The summed E-state index contributed by atoms with van der Waals surface area (Å²) < 4.78 is 9.82. The van der Waals surface area contributed by atoms with E-state index in [0.29, 0.717) is 16.3 Å². The summed E-state index contributed by atoms with van der Waals surface area (Å²) in [5.74, 6) is -1.06. The molecule has 0 radical (unpaired) electrons. The fourth-order valence-corrected chi connectivity index (χ4v) is 1.71. The second-order valence-electron chi connectivity index (χ2n) is 4.25. The number of aryl methyl sites for hydroxylation is 1. The summed E-state index contributed by atoms with van der Waals surface area (Å²) in [6.45, 7) is 3.18. The molecule has 0 bridgehead atoms. The summed E-state index contributed by atoms with van der Waals surface area (Å²) in [7, 11) is 0. The lowest BCUT2D eigenvalue weighted by Crippen LogP contribution is -2.24. The van der Waals surface area contributed by atoms with E-state index in [1.54, 1.807) is 31.2 Å². The summed E-state index contributed by atoms with van der Waals surface area (Å²) >= 11 is 5.75. The molecule has 1 aromatic carbocycles. The maximum absolute atomic E-state index is 12.1. The zero-order valence-corrected chi connectivity index (χ0v) is 11.7. The van der Waals surface area contributed by atoms with Gasteiger partial charge in [-0.25, -0.2) is 4.79 Å².